The van der Waals surface area contributed by atoms with E-state index in [4.69, 9.17) is 10.2 Å². The molecule has 3 N–H and O–H groups in total. The molecule has 2 rings (SSSR count). The third-order valence-corrected chi connectivity index (χ3v) is 4.94. The fourth-order valence-electron chi connectivity index (χ4n) is 2.37. The molecule has 0 aliphatic carbocycles. The minimum Gasteiger partial charge on any atom is -0.465 e. The Balaban J connectivity index is 2.27. The molecule has 0 fully saturated rings. The lowest BCUT2D eigenvalue weighted by atomic mass is 10.1. The maximum absolute atomic E-state index is 12.5. The molecule has 2 aromatic rings. The van der Waals surface area contributed by atoms with Gasteiger partial charge in [0.2, 0.25) is 10.0 Å². The van der Waals surface area contributed by atoms with Crippen molar-refractivity contribution in [2.45, 2.75) is 38.8 Å². The summed E-state index contributed by atoms with van der Waals surface area (Å²) in [5, 5.41) is 0. The van der Waals surface area contributed by atoms with Crippen molar-refractivity contribution in [3.63, 3.8) is 0 Å². The van der Waals surface area contributed by atoms with E-state index in [-0.39, 0.29) is 18.0 Å². The molecule has 0 spiro atoms. The molecule has 1 aromatic heterocycles. The van der Waals surface area contributed by atoms with Gasteiger partial charge in [0.15, 0.2) is 0 Å². The molecule has 0 unspecified atom stereocenters. The van der Waals surface area contributed by atoms with Gasteiger partial charge in [-0.2, -0.15) is 0 Å². The first kappa shape index (κ1) is 15.8. The van der Waals surface area contributed by atoms with E-state index >= 15 is 0 Å². The molecule has 0 amide bonds. The van der Waals surface area contributed by atoms with Gasteiger partial charge < -0.3 is 10.2 Å². The fourth-order valence-corrected chi connectivity index (χ4v) is 3.84. The van der Waals surface area contributed by atoms with Crippen LogP contribution in [0.4, 0.5) is 0 Å². The summed E-state index contributed by atoms with van der Waals surface area (Å²) in [5.74, 6) is 0.913. The van der Waals surface area contributed by atoms with Gasteiger partial charge in [0.05, 0.1) is 0 Å². The summed E-state index contributed by atoms with van der Waals surface area (Å²) in [6, 6.07) is 7.69. The van der Waals surface area contributed by atoms with Crippen LogP contribution in [-0.4, -0.2) is 8.42 Å². The quantitative estimate of drug-likeness (QED) is 0.886. The van der Waals surface area contributed by atoms with E-state index in [9.17, 15) is 8.42 Å². The van der Waals surface area contributed by atoms with Gasteiger partial charge in [0.1, 0.15) is 16.4 Å². The number of sulfonamides is 1. The van der Waals surface area contributed by atoms with E-state index in [2.05, 4.69) is 4.72 Å². The zero-order valence-corrected chi connectivity index (χ0v) is 13.3. The lowest BCUT2D eigenvalue weighted by Gasteiger charge is -2.08. The first-order valence-corrected chi connectivity index (χ1v) is 8.17. The van der Waals surface area contributed by atoms with Crippen molar-refractivity contribution in [2.24, 2.45) is 5.73 Å². The smallest absolute Gasteiger partial charge is 0.244 e. The number of aryl methyl sites for hydroxylation is 3. The molecule has 0 saturated heterocycles. The summed E-state index contributed by atoms with van der Waals surface area (Å²) in [6.07, 6.45) is 0. The summed E-state index contributed by atoms with van der Waals surface area (Å²) in [6.45, 7) is 5.68. The predicted molar refractivity (Wildman–Crippen MR) is 81.3 cm³/mol. The second-order valence-corrected chi connectivity index (χ2v) is 6.74. The number of nitrogens with two attached hydrogens (primary N) is 1. The fraction of sp³-hybridized carbons (Fsp3) is 0.333. The monoisotopic (exact) mass is 308 g/mol. The number of hydrogen-bond acceptors (Lipinski definition) is 4. The summed E-state index contributed by atoms with van der Waals surface area (Å²) in [5.41, 5.74) is 8.16. The molecule has 0 saturated carbocycles. The van der Waals surface area contributed by atoms with Crippen LogP contribution in [0.15, 0.2) is 33.6 Å². The van der Waals surface area contributed by atoms with Crippen LogP contribution in [0.5, 0.6) is 0 Å². The number of furan rings is 1. The van der Waals surface area contributed by atoms with Crippen LogP contribution in [0.25, 0.3) is 0 Å². The molecule has 1 heterocycles. The highest BCUT2D eigenvalue weighted by Gasteiger charge is 2.25. The van der Waals surface area contributed by atoms with E-state index in [1.807, 2.05) is 31.2 Å². The molecule has 0 aliphatic heterocycles. The van der Waals surface area contributed by atoms with Crippen molar-refractivity contribution in [3.8, 4) is 0 Å². The Hall–Kier alpha value is -1.63. The van der Waals surface area contributed by atoms with Crippen molar-refractivity contribution in [2.75, 3.05) is 0 Å². The third kappa shape index (κ3) is 3.34. The van der Waals surface area contributed by atoms with Gasteiger partial charge in [-0.05, 0) is 26.3 Å². The van der Waals surface area contributed by atoms with Gasteiger partial charge in [-0.15, -0.1) is 0 Å². The molecule has 0 radical (unpaired) electrons. The zero-order chi connectivity index (χ0) is 15.6. The Morgan fingerprint density at radius 1 is 1.19 bits per heavy atom. The normalized spacial score (nSPS) is 11.8. The molecule has 0 aliphatic rings. The first-order chi connectivity index (χ1) is 9.85. The van der Waals surface area contributed by atoms with Crippen LogP contribution in [0.3, 0.4) is 0 Å². The second kappa shape index (κ2) is 6.01. The topological polar surface area (TPSA) is 85.3 Å². The van der Waals surface area contributed by atoms with E-state index in [1.54, 1.807) is 13.8 Å². The van der Waals surface area contributed by atoms with Crippen LogP contribution in [0, 0.1) is 20.8 Å². The molecular weight excluding hydrogens is 288 g/mol. The number of benzene rings is 1. The second-order valence-electron chi connectivity index (χ2n) is 5.04. The van der Waals surface area contributed by atoms with E-state index in [1.165, 1.54) is 0 Å². The lowest BCUT2D eigenvalue weighted by Crippen LogP contribution is -2.25. The summed E-state index contributed by atoms with van der Waals surface area (Å²) < 4.78 is 33.0. The van der Waals surface area contributed by atoms with Gasteiger partial charge in [-0.1, -0.05) is 29.8 Å². The molecule has 114 valence electrons. The summed E-state index contributed by atoms with van der Waals surface area (Å²) >= 11 is 0. The van der Waals surface area contributed by atoms with Crippen molar-refractivity contribution in [3.05, 3.63) is 52.5 Å². The van der Waals surface area contributed by atoms with Gasteiger partial charge in [-0.3, -0.25) is 0 Å². The van der Waals surface area contributed by atoms with Gasteiger partial charge in [0.25, 0.3) is 0 Å². The number of rotatable bonds is 5. The van der Waals surface area contributed by atoms with Gasteiger partial charge in [-0.25, -0.2) is 13.1 Å². The maximum atomic E-state index is 12.5. The minimum absolute atomic E-state index is 0.129. The van der Waals surface area contributed by atoms with Gasteiger partial charge in [0, 0.05) is 18.7 Å². The molecule has 1 aromatic carbocycles. The zero-order valence-electron chi connectivity index (χ0n) is 12.4. The average Bonchev–Trinajstić information content (AvgIpc) is 2.71. The Labute approximate surface area is 125 Å². The highest BCUT2D eigenvalue weighted by molar-refractivity contribution is 7.89. The Kier molecular flexibility index (Phi) is 4.51. The molecule has 0 atom stereocenters. The largest absolute Gasteiger partial charge is 0.465 e. The molecule has 5 nitrogen and oxygen atoms in total. The van der Waals surface area contributed by atoms with Crippen molar-refractivity contribution in [1.29, 1.82) is 0 Å². The highest BCUT2D eigenvalue weighted by atomic mass is 32.2. The lowest BCUT2D eigenvalue weighted by molar-refractivity contribution is 0.494. The van der Waals surface area contributed by atoms with Crippen LogP contribution >= 0.6 is 0 Å². The average molecular weight is 308 g/mol. The standard InChI is InChI=1S/C15H20N2O3S/c1-10-5-4-6-13(7-10)9-17-21(18,19)15-12(3)20-11(2)14(15)8-16/h4-7,17H,8-9,16H2,1-3H3. The maximum Gasteiger partial charge on any atom is 0.244 e. The summed E-state index contributed by atoms with van der Waals surface area (Å²) in [7, 11) is -3.65. The minimum atomic E-state index is -3.65. The van der Waals surface area contributed by atoms with E-state index in [0.29, 0.717) is 17.1 Å². The summed E-state index contributed by atoms with van der Waals surface area (Å²) in [4.78, 5) is 0.162. The predicted octanol–water partition coefficient (Wildman–Crippen LogP) is 2.14. The van der Waals surface area contributed by atoms with Crippen molar-refractivity contribution >= 4 is 10.0 Å². The van der Waals surface area contributed by atoms with Crippen LogP contribution in [0.1, 0.15) is 28.2 Å². The first-order valence-electron chi connectivity index (χ1n) is 6.69. The Morgan fingerprint density at radius 3 is 2.52 bits per heavy atom. The van der Waals surface area contributed by atoms with Crippen LogP contribution in [-0.2, 0) is 23.1 Å². The highest BCUT2D eigenvalue weighted by Crippen LogP contribution is 2.26. The van der Waals surface area contributed by atoms with E-state index < -0.39 is 10.0 Å². The molecular formula is C15H20N2O3S. The Morgan fingerprint density at radius 2 is 1.90 bits per heavy atom. The number of hydrogen-bond donors (Lipinski definition) is 2. The Bertz CT molecular complexity index is 748. The molecule has 0 bridgehead atoms. The van der Waals surface area contributed by atoms with E-state index in [0.717, 1.165) is 11.1 Å². The molecule has 21 heavy (non-hydrogen) atoms. The van der Waals surface area contributed by atoms with Gasteiger partial charge >= 0.3 is 0 Å². The molecule has 6 heteroatoms. The number of nitrogens with one attached hydrogen (secondary N) is 1. The van der Waals surface area contributed by atoms with Crippen LogP contribution in [0.2, 0.25) is 0 Å². The van der Waals surface area contributed by atoms with Crippen molar-refractivity contribution in [1.82, 2.24) is 4.72 Å². The van der Waals surface area contributed by atoms with Crippen molar-refractivity contribution < 1.29 is 12.8 Å². The van der Waals surface area contributed by atoms with Crippen LogP contribution < -0.4 is 10.5 Å². The SMILES string of the molecule is Cc1cccc(CNS(=O)(=O)c2c(C)oc(C)c2CN)c1. The third-order valence-electron chi connectivity index (χ3n) is 3.35.